The first kappa shape index (κ1) is 25.8. The van der Waals surface area contributed by atoms with Gasteiger partial charge in [-0.2, -0.15) is 0 Å². The number of amides is 1. The van der Waals surface area contributed by atoms with Crippen LogP contribution in [-0.2, 0) is 9.59 Å². The standard InChI is InChI=1S/C28H46N2O4/c1-16(30(6)7)25-23(34)14-27(4)21-10-9-20-18(12-19(21)22(33)13-28(25,27)5)8-11-24(29-17(2)32)26(20,3)15-31/h8,16,19-21,23-25,31,34H,9-15H2,1-7H3,(H,29,32)/t16-,19+,20+,21+,23+,24-,25-,26-,27-,28+/m0/s1. The molecule has 34 heavy (non-hydrogen) atoms. The zero-order valence-corrected chi connectivity index (χ0v) is 22.2. The van der Waals surface area contributed by atoms with Crippen LogP contribution in [0.15, 0.2) is 11.6 Å². The normalized spacial score (nSPS) is 47.2. The van der Waals surface area contributed by atoms with Crippen LogP contribution in [0.5, 0.6) is 0 Å². The highest BCUT2D eigenvalue weighted by molar-refractivity contribution is 5.84. The molecule has 4 aliphatic carbocycles. The maximum atomic E-state index is 13.8. The molecule has 0 radical (unpaired) electrons. The first-order valence-corrected chi connectivity index (χ1v) is 13.2. The lowest BCUT2D eigenvalue weighted by Crippen LogP contribution is -2.55. The summed E-state index contributed by atoms with van der Waals surface area (Å²) in [5.74, 6) is 0.708. The van der Waals surface area contributed by atoms with E-state index in [-0.39, 0.29) is 59.1 Å². The number of nitrogens with one attached hydrogen (secondary N) is 1. The SMILES string of the molecule is CC(=O)N[C@H]1CC=C2C[C@H]3C(=O)C[C@]4(C)[C@@H]([C@H](C)N(C)C)[C@H](O)C[C@@]4(C)[C@@H]3CC[C@H]2[C@]1(C)CO. The average molecular weight is 475 g/mol. The Kier molecular flexibility index (Phi) is 6.61. The van der Waals surface area contributed by atoms with Gasteiger partial charge in [0.15, 0.2) is 0 Å². The van der Waals surface area contributed by atoms with Crippen LogP contribution in [0.2, 0.25) is 0 Å². The molecule has 192 valence electrons. The van der Waals surface area contributed by atoms with Crippen molar-refractivity contribution in [2.75, 3.05) is 20.7 Å². The molecular weight excluding hydrogens is 428 g/mol. The lowest BCUT2D eigenvalue weighted by molar-refractivity contribution is -0.147. The van der Waals surface area contributed by atoms with Crippen LogP contribution in [0, 0.1) is 39.9 Å². The molecule has 0 bridgehead atoms. The number of aliphatic hydroxyl groups excluding tert-OH is 2. The van der Waals surface area contributed by atoms with Crippen molar-refractivity contribution >= 4 is 11.7 Å². The molecule has 3 fully saturated rings. The predicted octanol–water partition coefficient (Wildman–Crippen LogP) is 3.17. The molecule has 10 atom stereocenters. The molecule has 3 N–H and O–H groups in total. The van der Waals surface area contributed by atoms with Crippen LogP contribution in [0.1, 0.15) is 73.1 Å². The summed E-state index contributed by atoms with van der Waals surface area (Å²) in [5.41, 5.74) is 0.508. The van der Waals surface area contributed by atoms with E-state index >= 15 is 0 Å². The number of hydrogen-bond acceptors (Lipinski definition) is 5. The van der Waals surface area contributed by atoms with Crippen LogP contribution in [0.3, 0.4) is 0 Å². The van der Waals surface area contributed by atoms with Gasteiger partial charge >= 0.3 is 0 Å². The Morgan fingerprint density at radius 2 is 1.91 bits per heavy atom. The summed E-state index contributed by atoms with van der Waals surface area (Å²) in [6.07, 6.45) is 6.40. The van der Waals surface area contributed by atoms with Gasteiger partial charge in [-0.3, -0.25) is 9.59 Å². The second-order valence-corrected chi connectivity index (χ2v) is 13.0. The third-order valence-corrected chi connectivity index (χ3v) is 11.3. The molecule has 3 saturated carbocycles. The van der Waals surface area contributed by atoms with Crippen LogP contribution < -0.4 is 5.32 Å². The zero-order chi connectivity index (χ0) is 25.2. The Labute approximate surface area is 205 Å². The molecule has 6 heteroatoms. The van der Waals surface area contributed by atoms with Crippen LogP contribution in [0.4, 0.5) is 0 Å². The van der Waals surface area contributed by atoms with Crippen molar-refractivity contribution in [3.63, 3.8) is 0 Å². The lowest BCUT2D eigenvalue weighted by Gasteiger charge is -2.56. The highest BCUT2D eigenvalue weighted by Crippen LogP contribution is 2.69. The summed E-state index contributed by atoms with van der Waals surface area (Å²) >= 11 is 0. The third kappa shape index (κ3) is 3.62. The van der Waals surface area contributed by atoms with E-state index in [1.165, 1.54) is 12.5 Å². The molecule has 0 aromatic rings. The van der Waals surface area contributed by atoms with Gasteiger partial charge in [-0.1, -0.05) is 32.4 Å². The minimum Gasteiger partial charge on any atom is -0.396 e. The Bertz CT molecular complexity index is 870. The van der Waals surface area contributed by atoms with E-state index in [0.29, 0.717) is 18.6 Å². The minimum absolute atomic E-state index is 0.0132. The summed E-state index contributed by atoms with van der Waals surface area (Å²) in [6.45, 7) is 10.4. The molecule has 4 aliphatic rings. The van der Waals surface area contributed by atoms with Crippen LogP contribution in [-0.4, -0.2) is 65.7 Å². The molecule has 0 aromatic carbocycles. The van der Waals surface area contributed by atoms with Gasteiger partial charge in [0.05, 0.1) is 12.7 Å². The van der Waals surface area contributed by atoms with Gasteiger partial charge in [-0.25, -0.2) is 0 Å². The first-order chi connectivity index (χ1) is 15.8. The minimum atomic E-state index is -0.437. The van der Waals surface area contributed by atoms with E-state index in [0.717, 1.165) is 25.7 Å². The summed E-state index contributed by atoms with van der Waals surface area (Å²) < 4.78 is 0. The topological polar surface area (TPSA) is 89.9 Å². The van der Waals surface area contributed by atoms with Crippen LogP contribution in [0.25, 0.3) is 0 Å². The van der Waals surface area contributed by atoms with E-state index in [1.54, 1.807) is 0 Å². The fourth-order valence-corrected chi connectivity index (χ4v) is 8.98. The Morgan fingerprint density at radius 3 is 2.50 bits per heavy atom. The molecule has 0 heterocycles. The molecule has 0 spiro atoms. The molecule has 1 amide bonds. The summed E-state index contributed by atoms with van der Waals surface area (Å²) in [4.78, 5) is 27.9. The van der Waals surface area contributed by atoms with Gasteiger partial charge in [-0.15, -0.1) is 0 Å². The van der Waals surface area contributed by atoms with Crippen LogP contribution >= 0.6 is 0 Å². The van der Waals surface area contributed by atoms with Crippen molar-refractivity contribution in [1.29, 1.82) is 0 Å². The van der Waals surface area contributed by atoms with E-state index in [4.69, 9.17) is 0 Å². The number of rotatable bonds is 4. The molecule has 0 aromatic heterocycles. The smallest absolute Gasteiger partial charge is 0.217 e. The maximum Gasteiger partial charge on any atom is 0.217 e. The van der Waals surface area contributed by atoms with Gasteiger partial charge in [-0.05, 0) is 75.8 Å². The summed E-state index contributed by atoms with van der Waals surface area (Å²) in [5, 5.41) is 24.9. The number of allylic oxidation sites excluding steroid dienone is 1. The molecule has 4 rings (SSSR count). The molecule has 0 aliphatic heterocycles. The van der Waals surface area contributed by atoms with E-state index in [2.05, 4.69) is 58.1 Å². The molecule has 0 unspecified atom stereocenters. The van der Waals surface area contributed by atoms with Gasteiger partial charge in [0, 0.05) is 42.7 Å². The number of nitrogens with zero attached hydrogens (tertiary/aromatic N) is 1. The highest BCUT2D eigenvalue weighted by atomic mass is 16.3. The monoisotopic (exact) mass is 474 g/mol. The third-order valence-electron chi connectivity index (χ3n) is 11.3. The van der Waals surface area contributed by atoms with Crippen molar-refractivity contribution in [2.24, 2.45) is 39.9 Å². The fourth-order valence-electron chi connectivity index (χ4n) is 8.98. The number of Topliss-reactive ketones (excluding diaryl/α,β-unsaturated/α-hetero) is 1. The number of ketones is 1. The number of carbonyl (C=O) groups excluding carboxylic acids is 2. The number of aliphatic hydroxyl groups is 2. The van der Waals surface area contributed by atoms with Crippen molar-refractivity contribution < 1.29 is 19.8 Å². The number of carbonyl (C=O) groups is 2. The summed E-state index contributed by atoms with van der Waals surface area (Å²) in [6, 6.07) is 0.0948. The Hall–Kier alpha value is -1.24. The zero-order valence-electron chi connectivity index (χ0n) is 22.2. The second-order valence-electron chi connectivity index (χ2n) is 13.0. The van der Waals surface area contributed by atoms with E-state index in [1.807, 2.05) is 0 Å². The Balaban J connectivity index is 1.70. The largest absolute Gasteiger partial charge is 0.396 e. The van der Waals surface area contributed by atoms with Gasteiger partial charge in [0.25, 0.3) is 0 Å². The average Bonchev–Trinajstić information content (AvgIpc) is 2.87. The van der Waals surface area contributed by atoms with Crippen molar-refractivity contribution in [1.82, 2.24) is 10.2 Å². The highest BCUT2D eigenvalue weighted by Gasteiger charge is 2.67. The summed E-state index contributed by atoms with van der Waals surface area (Å²) in [7, 11) is 4.13. The van der Waals surface area contributed by atoms with E-state index < -0.39 is 11.5 Å². The maximum absolute atomic E-state index is 13.8. The second kappa shape index (κ2) is 8.70. The van der Waals surface area contributed by atoms with E-state index in [9.17, 15) is 19.8 Å². The molecule has 0 saturated heterocycles. The van der Waals surface area contributed by atoms with Crippen molar-refractivity contribution in [2.45, 2.75) is 91.3 Å². The number of hydrogen-bond donors (Lipinski definition) is 3. The first-order valence-electron chi connectivity index (χ1n) is 13.2. The van der Waals surface area contributed by atoms with Gasteiger partial charge in [0.2, 0.25) is 5.91 Å². The van der Waals surface area contributed by atoms with Crippen molar-refractivity contribution in [3.05, 3.63) is 11.6 Å². The van der Waals surface area contributed by atoms with Gasteiger partial charge in [0.1, 0.15) is 5.78 Å². The lowest BCUT2D eigenvalue weighted by atomic mass is 9.48. The van der Waals surface area contributed by atoms with Gasteiger partial charge < -0.3 is 20.4 Å². The Morgan fingerprint density at radius 1 is 1.24 bits per heavy atom. The molecule has 6 nitrogen and oxygen atoms in total. The quantitative estimate of drug-likeness (QED) is 0.545. The number of fused-ring (bicyclic) bond motifs is 4. The fraction of sp³-hybridized carbons (Fsp3) is 0.857. The van der Waals surface area contributed by atoms with Crippen molar-refractivity contribution in [3.8, 4) is 0 Å². The predicted molar refractivity (Wildman–Crippen MR) is 133 cm³/mol. The molecular formula is C28H46N2O4.